The van der Waals surface area contributed by atoms with E-state index in [2.05, 4.69) is 20.8 Å². The van der Waals surface area contributed by atoms with Crippen molar-refractivity contribution >= 4 is 20.6 Å². The largest absolute Gasteiger partial charge is 0.246 e. The number of hydrogen-bond acceptors (Lipinski definition) is 2. The smallest absolute Gasteiger partial charge is 0.124 e. The number of hydrogen-bond donors (Lipinski definition) is 0. The van der Waals surface area contributed by atoms with E-state index in [-0.39, 0.29) is 9.49 Å². The Morgan fingerprint density at radius 3 is 1.67 bits per heavy atom. The topological polar surface area (TPSA) is 17.1 Å². The maximum atomic E-state index is 12.4. The summed E-state index contributed by atoms with van der Waals surface area (Å²) in [4.78, 5) is 0. The van der Waals surface area contributed by atoms with Crippen LogP contribution in [-0.4, -0.2) is 8.29 Å². The van der Waals surface area contributed by atoms with Gasteiger partial charge in [0.25, 0.3) is 0 Å². The molecule has 1 heterocycles. The zero-order valence-corrected chi connectivity index (χ0v) is 13.3. The molecule has 0 unspecified atom stereocenters. The minimum atomic E-state index is -0.623. The molecule has 0 aromatic heterocycles. The van der Waals surface area contributed by atoms with Gasteiger partial charge < -0.3 is 0 Å². The Hall–Kier alpha value is 0.500. The highest BCUT2D eigenvalue weighted by Crippen LogP contribution is 2.78. The second-order valence-corrected chi connectivity index (χ2v) is 11.9. The first-order valence-electron chi connectivity index (χ1n) is 7.48. The van der Waals surface area contributed by atoms with Crippen LogP contribution in [0, 0.1) is 28.6 Å². The molecule has 0 spiro atoms. The third-order valence-electron chi connectivity index (χ3n) is 6.13. The van der Waals surface area contributed by atoms with Gasteiger partial charge in [-0.05, 0) is 77.9 Å². The van der Waals surface area contributed by atoms with Gasteiger partial charge in [0.15, 0.2) is 0 Å². The van der Waals surface area contributed by atoms with Crippen LogP contribution in [0.5, 0.6) is 0 Å². The van der Waals surface area contributed by atoms with Crippen LogP contribution in [0.2, 0.25) is 0 Å². The Labute approximate surface area is 117 Å². The van der Waals surface area contributed by atoms with Gasteiger partial charge in [-0.25, -0.2) is 4.21 Å². The van der Waals surface area contributed by atoms with E-state index in [1.807, 2.05) is 0 Å². The van der Waals surface area contributed by atoms with E-state index in [9.17, 15) is 4.21 Å². The molecule has 0 amide bonds. The first kappa shape index (κ1) is 12.3. The zero-order chi connectivity index (χ0) is 12.8. The summed E-state index contributed by atoms with van der Waals surface area (Å²) in [6, 6.07) is 0. The molecule has 0 radical (unpaired) electrons. The van der Waals surface area contributed by atoms with Gasteiger partial charge in [-0.1, -0.05) is 20.8 Å². The summed E-state index contributed by atoms with van der Waals surface area (Å²) in [5.74, 6) is 2.90. The van der Waals surface area contributed by atoms with Crippen molar-refractivity contribution in [3.63, 3.8) is 0 Å². The normalized spacial score (nSPS) is 57.9. The van der Waals surface area contributed by atoms with Crippen LogP contribution < -0.4 is 0 Å². The Balaban J connectivity index is 1.78. The fourth-order valence-corrected chi connectivity index (χ4v) is 11.3. The zero-order valence-electron chi connectivity index (χ0n) is 11.7. The highest BCUT2D eigenvalue weighted by atomic mass is 33.2. The predicted molar refractivity (Wildman–Crippen MR) is 78.5 cm³/mol. The standard InChI is InChI=1S/C15H24OS2/c1-13(2,3)15(17-18(15)16)14-7-10-4-11(8-14)6-12(5-10)9-14/h10-12H,4-9H2,1-3H3/t10?,11?,12?,14?,15-,18-/m1/s1. The van der Waals surface area contributed by atoms with Crippen LogP contribution in [0.3, 0.4) is 0 Å². The van der Waals surface area contributed by atoms with E-state index < -0.39 is 9.83 Å². The minimum absolute atomic E-state index is 0.0933. The lowest BCUT2D eigenvalue weighted by Crippen LogP contribution is -2.56. The molecule has 0 aromatic carbocycles. The second kappa shape index (κ2) is 3.39. The van der Waals surface area contributed by atoms with Crippen LogP contribution in [-0.2, 0) is 9.83 Å². The molecule has 4 bridgehead atoms. The molecule has 2 atom stereocenters. The molecule has 5 fully saturated rings. The van der Waals surface area contributed by atoms with Crippen molar-refractivity contribution < 1.29 is 4.21 Å². The lowest BCUT2D eigenvalue weighted by molar-refractivity contribution is -0.0731. The molecule has 4 saturated carbocycles. The molecule has 5 rings (SSSR count). The lowest BCUT2D eigenvalue weighted by atomic mass is 9.47. The van der Waals surface area contributed by atoms with Gasteiger partial charge in [0.2, 0.25) is 0 Å². The van der Waals surface area contributed by atoms with Crippen LogP contribution in [0.1, 0.15) is 59.3 Å². The Bertz CT molecular complexity index is 387. The average Bonchev–Trinajstić information content (AvgIpc) is 2.89. The average molecular weight is 284 g/mol. The maximum absolute atomic E-state index is 12.4. The molecule has 102 valence electrons. The lowest BCUT2D eigenvalue weighted by Gasteiger charge is -2.60. The Kier molecular flexibility index (Phi) is 2.31. The second-order valence-electron chi connectivity index (χ2n) is 8.38. The first-order chi connectivity index (χ1) is 8.36. The monoisotopic (exact) mass is 284 g/mol. The first-order valence-corrected chi connectivity index (χ1v) is 9.96. The van der Waals surface area contributed by atoms with Gasteiger partial charge in [-0.15, -0.1) is 0 Å². The molecule has 18 heavy (non-hydrogen) atoms. The van der Waals surface area contributed by atoms with Crippen molar-refractivity contribution in [2.75, 3.05) is 0 Å². The molecule has 0 N–H and O–H groups in total. The summed E-state index contributed by atoms with van der Waals surface area (Å²) in [7, 11) is 1.18. The highest BCUT2D eigenvalue weighted by Gasteiger charge is 2.75. The van der Waals surface area contributed by atoms with E-state index in [0.717, 1.165) is 17.8 Å². The van der Waals surface area contributed by atoms with Gasteiger partial charge in [-0.3, -0.25) is 0 Å². The molecule has 1 nitrogen and oxygen atoms in total. The minimum Gasteiger partial charge on any atom is -0.246 e. The molecule has 3 heteroatoms. The summed E-state index contributed by atoms with van der Waals surface area (Å²) in [5.41, 5.74) is 0.615. The SMILES string of the molecule is CC(C)(C)[C@@]1(C23CC4CC(CC(C4)C2)C3)S[S@]1=O. The van der Waals surface area contributed by atoms with E-state index in [1.165, 1.54) is 38.5 Å². The van der Waals surface area contributed by atoms with Gasteiger partial charge >= 0.3 is 0 Å². The van der Waals surface area contributed by atoms with Crippen LogP contribution in [0.15, 0.2) is 0 Å². The fraction of sp³-hybridized carbons (Fsp3) is 1.00. The molecular weight excluding hydrogens is 260 g/mol. The summed E-state index contributed by atoms with van der Waals surface area (Å²) >= 11 is 0. The predicted octanol–water partition coefficient (Wildman–Crippen LogP) is 4.36. The summed E-state index contributed by atoms with van der Waals surface area (Å²) < 4.78 is 12.5. The van der Waals surface area contributed by atoms with Crippen LogP contribution in [0.4, 0.5) is 0 Å². The van der Waals surface area contributed by atoms with Gasteiger partial charge in [0.1, 0.15) is 13.9 Å². The van der Waals surface area contributed by atoms with Crippen molar-refractivity contribution in [2.45, 2.75) is 63.4 Å². The Morgan fingerprint density at radius 2 is 1.39 bits per heavy atom. The van der Waals surface area contributed by atoms with Crippen LogP contribution in [0.25, 0.3) is 0 Å². The van der Waals surface area contributed by atoms with E-state index in [4.69, 9.17) is 0 Å². The van der Waals surface area contributed by atoms with Crippen molar-refractivity contribution in [3.05, 3.63) is 0 Å². The van der Waals surface area contributed by atoms with E-state index in [0.29, 0.717) is 5.41 Å². The third-order valence-corrected chi connectivity index (χ3v) is 10.9. The molecule has 1 saturated heterocycles. The summed E-state index contributed by atoms with van der Waals surface area (Å²) in [5, 5.41) is 0. The molecule has 5 aliphatic rings. The van der Waals surface area contributed by atoms with Crippen molar-refractivity contribution in [1.29, 1.82) is 0 Å². The fourth-order valence-electron chi connectivity index (χ4n) is 6.04. The van der Waals surface area contributed by atoms with E-state index >= 15 is 0 Å². The molecule has 0 aromatic rings. The Morgan fingerprint density at radius 1 is 1.00 bits per heavy atom. The van der Waals surface area contributed by atoms with Gasteiger partial charge in [-0.2, -0.15) is 0 Å². The summed E-state index contributed by atoms with van der Waals surface area (Å²) in [6.07, 6.45) is 8.60. The van der Waals surface area contributed by atoms with Gasteiger partial charge in [0, 0.05) is 0 Å². The van der Waals surface area contributed by atoms with Gasteiger partial charge in [0.05, 0.1) is 0 Å². The molecule has 4 aliphatic carbocycles. The maximum Gasteiger partial charge on any atom is 0.124 e. The van der Waals surface area contributed by atoms with Crippen LogP contribution >= 0.6 is 10.8 Å². The quantitative estimate of drug-likeness (QED) is 0.526. The summed E-state index contributed by atoms with van der Waals surface area (Å²) in [6.45, 7) is 6.97. The molecule has 1 aliphatic heterocycles. The van der Waals surface area contributed by atoms with Crippen molar-refractivity contribution in [3.8, 4) is 0 Å². The van der Waals surface area contributed by atoms with Crippen molar-refractivity contribution in [2.24, 2.45) is 28.6 Å². The van der Waals surface area contributed by atoms with E-state index in [1.54, 1.807) is 10.8 Å². The third kappa shape index (κ3) is 1.33. The highest BCUT2D eigenvalue weighted by molar-refractivity contribution is 8.86. The molecular formula is C15H24OS2. The van der Waals surface area contributed by atoms with Crippen molar-refractivity contribution in [1.82, 2.24) is 0 Å². The number of rotatable bonds is 1.